The summed E-state index contributed by atoms with van der Waals surface area (Å²) in [6, 6.07) is 2.10. The maximum Gasteiger partial charge on any atom is 0.0593 e. The number of thiophene rings is 1. The fourth-order valence-corrected chi connectivity index (χ4v) is 3.11. The minimum atomic E-state index is 0.780. The lowest BCUT2D eigenvalue weighted by Crippen LogP contribution is -2.30. The zero-order valence-corrected chi connectivity index (χ0v) is 13.6. The van der Waals surface area contributed by atoms with Crippen LogP contribution in [0.3, 0.4) is 0 Å². The molecule has 1 rings (SSSR count). The van der Waals surface area contributed by atoms with Gasteiger partial charge in [-0.3, -0.25) is 4.90 Å². The SMILES string of the molecule is CCOCCN(CCOCC)Cc1sccc1Br. The standard InChI is InChI=1S/C13H22BrNO2S/c1-3-16-8-6-15(7-9-17-4-2)11-13-12(14)5-10-18-13/h5,10H,3-4,6-9,11H2,1-2H3. The van der Waals surface area contributed by atoms with Crippen LogP contribution in [0, 0.1) is 0 Å². The van der Waals surface area contributed by atoms with Gasteiger partial charge in [-0.25, -0.2) is 0 Å². The highest BCUT2D eigenvalue weighted by atomic mass is 79.9. The number of hydrogen-bond donors (Lipinski definition) is 0. The predicted molar refractivity (Wildman–Crippen MR) is 80.3 cm³/mol. The van der Waals surface area contributed by atoms with Crippen molar-refractivity contribution in [2.45, 2.75) is 20.4 Å². The molecule has 0 unspecified atom stereocenters. The lowest BCUT2D eigenvalue weighted by molar-refractivity contribution is 0.0801. The van der Waals surface area contributed by atoms with Crippen molar-refractivity contribution in [3.05, 3.63) is 20.8 Å². The summed E-state index contributed by atoms with van der Waals surface area (Å²) in [6.45, 7) is 10.0. The molecular formula is C13H22BrNO2S. The van der Waals surface area contributed by atoms with Crippen LogP contribution in [0.1, 0.15) is 18.7 Å². The molecule has 0 aliphatic rings. The van der Waals surface area contributed by atoms with Gasteiger partial charge in [-0.1, -0.05) is 0 Å². The van der Waals surface area contributed by atoms with Gasteiger partial charge in [-0.2, -0.15) is 0 Å². The van der Waals surface area contributed by atoms with Gasteiger partial charge in [0, 0.05) is 42.2 Å². The Morgan fingerprint density at radius 3 is 2.22 bits per heavy atom. The molecule has 3 nitrogen and oxygen atoms in total. The minimum absolute atomic E-state index is 0.780. The summed E-state index contributed by atoms with van der Waals surface area (Å²) >= 11 is 5.37. The number of hydrogen-bond acceptors (Lipinski definition) is 4. The van der Waals surface area contributed by atoms with Crippen LogP contribution < -0.4 is 0 Å². The molecule has 0 radical (unpaired) electrons. The van der Waals surface area contributed by atoms with Crippen LogP contribution in [-0.2, 0) is 16.0 Å². The van der Waals surface area contributed by atoms with E-state index in [1.165, 1.54) is 9.35 Å². The minimum Gasteiger partial charge on any atom is -0.380 e. The molecule has 1 aromatic heterocycles. The van der Waals surface area contributed by atoms with E-state index in [1.807, 2.05) is 13.8 Å². The first-order valence-corrected chi connectivity index (χ1v) is 8.04. The summed E-state index contributed by atoms with van der Waals surface area (Å²) in [7, 11) is 0. The molecular weight excluding hydrogens is 314 g/mol. The van der Waals surface area contributed by atoms with Gasteiger partial charge in [0.2, 0.25) is 0 Å². The normalized spacial score (nSPS) is 11.3. The van der Waals surface area contributed by atoms with Crippen molar-refractivity contribution in [3.63, 3.8) is 0 Å². The molecule has 0 aliphatic heterocycles. The molecule has 0 aromatic carbocycles. The Bertz CT molecular complexity index is 310. The fraction of sp³-hybridized carbons (Fsp3) is 0.692. The fourth-order valence-electron chi connectivity index (χ4n) is 1.59. The van der Waals surface area contributed by atoms with Crippen LogP contribution >= 0.6 is 27.3 Å². The van der Waals surface area contributed by atoms with Crippen molar-refractivity contribution in [2.75, 3.05) is 39.5 Å². The average Bonchev–Trinajstić information content (AvgIpc) is 2.75. The zero-order valence-electron chi connectivity index (χ0n) is 11.2. The third kappa shape index (κ3) is 6.29. The van der Waals surface area contributed by atoms with Crippen molar-refractivity contribution in [1.82, 2.24) is 4.90 Å². The molecule has 0 fully saturated rings. The summed E-state index contributed by atoms with van der Waals surface area (Å²) in [4.78, 5) is 3.74. The lowest BCUT2D eigenvalue weighted by Gasteiger charge is -2.21. The van der Waals surface area contributed by atoms with E-state index in [-0.39, 0.29) is 0 Å². The van der Waals surface area contributed by atoms with Crippen molar-refractivity contribution in [2.24, 2.45) is 0 Å². The molecule has 0 bridgehead atoms. The quantitative estimate of drug-likeness (QED) is 0.612. The zero-order chi connectivity index (χ0) is 13.2. The Balaban J connectivity index is 2.40. The molecule has 0 atom stereocenters. The van der Waals surface area contributed by atoms with E-state index >= 15 is 0 Å². The van der Waals surface area contributed by atoms with Gasteiger partial charge in [-0.15, -0.1) is 11.3 Å². The van der Waals surface area contributed by atoms with Crippen LogP contribution in [0.2, 0.25) is 0 Å². The van der Waals surface area contributed by atoms with E-state index in [2.05, 4.69) is 32.3 Å². The molecule has 1 heterocycles. The van der Waals surface area contributed by atoms with E-state index in [0.29, 0.717) is 0 Å². The van der Waals surface area contributed by atoms with Gasteiger partial charge in [0.25, 0.3) is 0 Å². The second-order valence-corrected chi connectivity index (χ2v) is 5.72. The Hall–Kier alpha value is 0.0600. The second kappa shape index (κ2) is 9.92. The van der Waals surface area contributed by atoms with Crippen LogP contribution in [-0.4, -0.2) is 44.4 Å². The number of nitrogens with zero attached hydrogens (tertiary/aromatic N) is 1. The van der Waals surface area contributed by atoms with E-state index in [0.717, 1.165) is 46.1 Å². The van der Waals surface area contributed by atoms with Gasteiger partial charge in [0.1, 0.15) is 0 Å². The third-order valence-electron chi connectivity index (χ3n) is 2.57. The Morgan fingerprint density at radius 1 is 1.17 bits per heavy atom. The average molecular weight is 336 g/mol. The molecule has 0 spiro atoms. The smallest absolute Gasteiger partial charge is 0.0593 e. The van der Waals surface area contributed by atoms with Crippen molar-refractivity contribution < 1.29 is 9.47 Å². The van der Waals surface area contributed by atoms with Crippen molar-refractivity contribution in [3.8, 4) is 0 Å². The Kier molecular flexibility index (Phi) is 8.88. The molecule has 1 aromatic rings. The van der Waals surface area contributed by atoms with E-state index in [1.54, 1.807) is 11.3 Å². The molecule has 104 valence electrons. The highest BCUT2D eigenvalue weighted by molar-refractivity contribution is 9.10. The summed E-state index contributed by atoms with van der Waals surface area (Å²) in [5.41, 5.74) is 0. The summed E-state index contributed by atoms with van der Waals surface area (Å²) in [5.74, 6) is 0. The number of ether oxygens (including phenoxy) is 2. The Morgan fingerprint density at radius 2 is 1.78 bits per heavy atom. The highest BCUT2D eigenvalue weighted by Gasteiger charge is 2.09. The van der Waals surface area contributed by atoms with Crippen LogP contribution in [0.25, 0.3) is 0 Å². The molecule has 0 N–H and O–H groups in total. The second-order valence-electron chi connectivity index (χ2n) is 3.86. The maximum atomic E-state index is 5.43. The molecule has 0 amide bonds. The predicted octanol–water partition coefficient (Wildman–Crippen LogP) is 3.39. The van der Waals surface area contributed by atoms with Gasteiger partial charge in [0.15, 0.2) is 0 Å². The Labute approximate surface area is 122 Å². The number of halogens is 1. The van der Waals surface area contributed by atoms with Crippen molar-refractivity contribution in [1.29, 1.82) is 0 Å². The van der Waals surface area contributed by atoms with Gasteiger partial charge < -0.3 is 9.47 Å². The van der Waals surface area contributed by atoms with Crippen molar-refractivity contribution >= 4 is 27.3 Å². The molecule has 5 heteroatoms. The molecule has 0 aliphatic carbocycles. The van der Waals surface area contributed by atoms with E-state index in [9.17, 15) is 0 Å². The number of rotatable bonds is 10. The topological polar surface area (TPSA) is 21.7 Å². The van der Waals surface area contributed by atoms with Crippen LogP contribution in [0.4, 0.5) is 0 Å². The van der Waals surface area contributed by atoms with Gasteiger partial charge >= 0.3 is 0 Å². The first kappa shape index (κ1) is 16.1. The van der Waals surface area contributed by atoms with E-state index in [4.69, 9.17) is 9.47 Å². The summed E-state index contributed by atoms with van der Waals surface area (Å²) in [6.07, 6.45) is 0. The molecule has 0 saturated heterocycles. The third-order valence-corrected chi connectivity index (χ3v) is 4.48. The van der Waals surface area contributed by atoms with E-state index < -0.39 is 0 Å². The van der Waals surface area contributed by atoms with Crippen LogP contribution in [0.15, 0.2) is 15.9 Å². The molecule has 18 heavy (non-hydrogen) atoms. The highest BCUT2D eigenvalue weighted by Crippen LogP contribution is 2.24. The maximum absolute atomic E-state index is 5.43. The monoisotopic (exact) mass is 335 g/mol. The largest absolute Gasteiger partial charge is 0.380 e. The lowest BCUT2D eigenvalue weighted by atomic mass is 10.4. The first-order chi connectivity index (χ1) is 8.77. The summed E-state index contributed by atoms with van der Waals surface area (Å²) in [5, 5.41) is 2.11. The van der Waals surface area contributed by atoms with Crippen LogP contribution in [0.5, 0.6) is 0 Å². The first-order valence-electron chi connectivity index (χ1n) is 6.37. The molecule has 0 saturated carbocycles. The van der Waals surface area contributed by atoms with Gasteiger partial charge in [0.05, 0.1) is 13.2 Å². The summed E-state index contributed by atoms with van der Waals surface area (Å²) < 4.78 is 12.1. The van der Waals surface area contributed by atoms with Gasteiger partial charge in [-0.05, 0) is 41.2 Å².